The number of hydrogen-bond acceptors (Lipinski definition) is 1. The van der Waals surface area contributed by atoms with Crippen molar-refractivity contribution in [3.8, 4) is 0 Å². The van der Waals surface area contributed by atoms with Gasteiger partial charge in [0.2, 0.25) is 0 Å². The van der Waals surface area contributed by atoms with E-state index in [1.807, 2.05) is 0 Å². The van der Waals surface area contributed by atoms with Crippen LogP contribution in [-0.2, 0) is 10.8 Å². The van der Waals surface area contributed by atoms with Crippen molar-refractivity contribution in [1.29, 1.82) is 0 Å². The molecule has 150 valence electrons. The van der Waals surface area contributed by atoms with E-state index < -0.39 is 0 Å². The van der Waals surface area contributed by atoms with Crippen LogP contribution < -0.4 is 0 Å². The van der Waals surface area contributed by atoms with Gasteiger partial charge in [-0.2, -0.15) is 0 Å². The fourth-order valence-electron chi connectivity index (χ4n) is 4.39. The van der Waals surface area contributed by atoms with Crippen LogP contribution in [0.3, 0.4) is 0 Å². The maximum Gasteiger partial charge on any atom is 0.0358 e. The van der Waals surface area contributed by atoms with Gasteiger partial charge in [0, 0.05) is 18.6 Å². The Morgan fingerprint density at radius 1 is 0.750 bits per heavy atom. The van der Waals surface area contributed by atoms with Gasteiger partial charge in [-0.15, -0.1) is 6.58 Å². The maximum atomic E-state index is 4.03. The van der Waals surface area contributed by atoms with Gasteiger partial charge < -0.3 is 0 Å². The lowest BCUT2D eigenvalue weighted by molar-refractivity contribution is 0.218. The largest absolute Gasteiger partial charge is 0.286 e. The smallest absolute Gasteiger partial charge is 0.0358 e. The summed E-state index contributed by atoms with van der Waals surface area (Å²) in [6.07, 6.45) is 4.46. The van der Waals surface area contributed by atoms with E-state index in [0.717, 1.165) is 6.54 Å². The summed E-state index contributed by atoms with van der Waals surface area (Å²) in [6.45, 7) is 18.6. The van der Waals surface area contributed by atoms with Crippen LogP contribution >= 0.6 is 0 Å². The van der Waals surface area contributed by atoms with Crippen molar-refractivity contribution in [2.45, 2.75) is 77.3 Å². The molecule has 0 aromatic heterocycles. The van der Waals surface area contributed by atoms with E-state index in [9.17, 15) is 0 Å². The van der Waals surface area contributed by atoms with Gasteiger partial charge in [0.05, 0.1) is 0 Å². The molecule has 0 aliphatic carbocycles. The van der Waals surface area contributed by atoms with Gasteiger partial charge in [-0.1, -0.05) is 96.1 Å². The van der Waals surface area contributed by atoms with E-state index in [1.165, 1.54) is 35.1 Å². The molecule has 1 nitrogen and oxygen atoms in total. The highest BCUT2D eigenvalue weighted by molar-refractivity contribution is 5.33. The summed E-state index contributed by atoms with van der Waals surface area (Å²) in [5.74, 6) is 0. The lowest BCUT2D eigenvalue weighted by atomic mass is 9.86. The molecule has 1 saturated heterocycles. The molecule has 28 heavy (non-hydrogen) atoms. The normalized spacial score (nSPS) is 21.1. The molecule has 0 saturated carbocycles. The Morgan fingerprint density at radius 2 is 1.11 bits per heavy atom. The highest BCUT2D eigenvalue weighted by atomic mass is 15.2. The highest BCUT2D eigenvalue weighted by Gasteiger charge is 2.34. The van der Waals surface area contributed by atoms with Gasteiger partial charge in [-0.3, -0.25) is 4.90 Å². The first-order valence-corrected chi connectivity index (χ1v) is 10.7. The molecule has 1 aliphatic rings. The molecule has 3 rings (SSSR count). The van der Waals surface area contributed by atoms with Crippen LogP contribution in [0.4, 0.5) is 0 Å². The number of rotatable bonds is 4. The summed E-state index contributed by atoms with van der Waals surface area (Å²) in [5.41, 5.74) is 6.07. The van der Waals surface area contributed by atoms with Gasteiger partial charge in [0.1, 0.15) is 0 Å². The quantitative estimate of drug-likeness (QED) is 0.505. The average molecular weight is 376 g/mol. The van der Waals surface area contributed by atoms with Crippen molar-refractivity contribution in [3.05, 3.63) is 83.4 Å². The zero-order chi connectivity index (χ0) is 20.5. The van der Waals surface area contributed by atoms with Crippen molar-refractivity contribution in [2.24, 2.45) is 0 Å². The average Bonchev–Trinajstić information content (AvgIpc) is 3.04. The molecular formula is C27H37N. The number of nitrogens with zero attached hydrogens (tertiary/aromatic N) is 1. The topological polar surface area (TPSA) is 3.24 Å². The van der Waals surface area contributed by atoms with E-state index in [1.54, 1.807) is 0 Å². The van der Waals surface area contributed by atoms with Crippen LogP contribution in [0, 0.1) is 0 Å². The van der Waals surface area contributed by atoms with E-state index in [0.29, 0.717) is 12.1 Å². The lowest BCUT2D eigenvalue weighted by Crippen LogP contribution is -2.26. The Morgan fingerprint density at radius 3 is 1.39 bits per heavy atom. The van der Waals surface area contributed by atoms with Crippen molar-refractivity contribution in [1.82, 2.24) is 4.90 Å². The molecule has 0 amide bonds. The first-order valence-electron chi connectivity index (χ1n) is 10.7. The van der Waals surface area contributed by atoms with E-state index in [-0.39, 0.29) is 10.8 Å². The van der Waals surface area contributed by atoms with Crippen LogP contribution in [-0.4, -0.2) is 11.4 Å². The van der Waals surface area contributed by atoms with E-state index >= 15 is 0 Å². The number of benzene rings is 2. The van der Waals surface area contributed by atoms with Gasteiger partial charge in [-0.25, -0.2) is 0 Å². The second-order valence-electron chi connectivity index (χ2n) is 10.3. The van der Waals surface area contributed by atoms with Crippen LogP contribution in [0.25, 0.3) is 0 Å². The molecular weight excluding hydrogens is 338 g/mol. The van der Waals surface area contributed by atoms with Crippen LogP contribution in [0.2, 0.25) is 0 Å². The summed E-state index contributed by atoms with van der Waals surface area (Å²) in [4.78, 5) is 2.63. The monoisotopic (exact) mass is 375 g/mol. The second kappa shape index (κ2) is 7.87. The van der Waals surface area contributed by atoms with Crippen LogP contribution in [0.15, 0.2) is 61.2 Å². The Balaban J connectivity index is 1.85. The third-order valence-electron chi connectivity index (χ3n) is 6.18. The molecule has 0 bridgehead atoms. The van der Waals surface area contributed by atoms with Gasteiger partial charge in [0.15, 0.2) is 0 Å². The summed E-state index contributed by atoms with van der Waals surface area (Å²) in [7, 11) is 0. The highest BCUT2D eigenvalue weighted by Crippen LogP contribution is 2.44. The van der Waals surface area contributed by atoms with E-state index in [4.69, 9.17) is 0 Å². The molecule has 0 radical (unpaired) electrons. The summed E-state index contributed by atoms with van der Waals surface area (Å²) in [5, 5.41) is 0. The minimum Gasteiger partial charge on any atom is -0.286 e. The predicted molar refractivity (Wildman–Crippen MR) is 122 cm³/mol. The van der Waals surface area contributed by atoms with Crippen molar-refractivity contribution in [3.63, 3.8) is 0 Å². The first kappa shape index (κ1) is 20.9. The number of likely N-dealkylation sites (tertiary alicyclic amines) is 1. The van der Waals surface area contributed by atoms with Gasteiger partial charge >= 0.3 is 0 Å². The zero-order valence-corrected chi connectivity index (χ0v) is 18.6. The molecule has 1 heteroatoms. The first-order chi connectivity index (χ1) is 13.1. The van der Waals surface area contributed by atoms with Crippen LogP contribution in [0.1, 0.15) is 88.7 Å². The fraction of sp³-hybridized carbons (Fsp3) is 0.481. The van der Waals surface area contributed by atoms with Crippen LogP contribution in [0.5, 0.6) is 0 Å². The SMILES string of the molecule is C=CCN1[C@H](c2ccc(C(C)(C)C)cc2)CC[C@H]1c1ccc(C(C)(C)C)cc1. The van der Waals surface area contributed by atoms with Crippen molar-refractivity contribution < 1.29 is 0 Å². The summed E-state index contributed by atoms with van der Waals surface area (Å²) < 4.78 is 0. The minimum atomic E-state index is 0.201. The summed E-state index contributed by atoms with van der Waals surface area (Å²) >= 11 is 0. The Labute approximate surface area is 172 Å². The summed E-state index contributed by atoms with van der Waals surface area (Å²) in [6, 6.07) is 19.6. The molecule has 1 fully saturated rings. The minimum absolute atomic E-state index is 0.201. The molecule has 2 atom stereocenters. The Bertz CT molecular complexity index is 719. The molecule has 0 N–H and O–H groups in total. The second-order valence-corrected chi connectivity index (χ2v) is 10.3. The molecule has 1 aliphatic heterocycles. The van der Waals surface area contributed by atoms with Gasteiger partial charge in [-0.05, 0) is 45.9 Å². The van der Waals surface area contributed by atoms with E-state index in [2.05, 4.69) is 108 Å². The third-order valence-corrected chi connectivity index (χ3v) is 6.18. The standard InChI is InChI=1S/C27H37N/c1-8-19-28-24(20-9-13-22(14-10-20)26(2,3)4)17-18-25(28)21-11-15-23(16-12-21)27(5,6)7/h8-16,24-25H,1,17-19H2,2-7H3/t24-,25-/m0/s1. The third kappa shape index (κ3) is 4.41. The molecule has 0 unspecified atom stereocenters. The fourth-order valence-corrected chi connectivity index (χ4v) is 4.39. The molecule has 2 aromatic rings. The Hall–Kier alpha value is -1.86. The van der Waals surface area contributed by atoms with Crippen molar-refractivity contribution in [2.75, 3.05) is 6.54 Å². The van der Waals surface area contributed by atoms with Gasteiger partial charge in [0.25, 0.3) is 0 Å². The number of hydrogen-bond donors (Lipinski definition) is 0. The maximum absolute atomic E-state index is 4.03. The molecule has 1 heterocycles. The molecule has 2 aromatic carbocycles. The Kier molecular flexibility index (Phi) is 5.87. The predicted octanol–water partition coefficient (Wildman–Crippen LogP) is 7.35. The molecule has 0 spiro atoms. The zero-order valence-electron chi connectivity index (χ0n) is 18.6. The van der Waals surface area contributed by atoms with Crippen molar-refractivity contribution >= 4 is 0 Å². The lowest BCUT2D eigenvalue weighted by Gasteiger charge is -2.30.